The van der Waals surface area contributed by atoms with Crippen molar-refractivity contribution in [2.75, 3.05) is 18.5 Å². The Hall–Kier alpha value is -1.16. The van der Waals surface area contributed by atoms with E-state index in [0.717, 1.165) is 0 Å². The van der Waals surface area contributed by atoms with Crippen LogP contribution in [0.25, 0.3) is 0 Å². The summed E-state index contributed by atoms with van der Waals surface area (Å²) >= 11 is 0. The third kappa shape index (κ3) is 3.38. The van der Waals surface area contributed by atoms with Gasteiger partial charge in [-0.15, -0.1) is 0 Å². The van der Waals surface area contributed by atoms with Crippen LogP contribution in [0.4, 0.5) is 5.95 Å². The molecule has 0 bridgehead atoms. The highest BCUT2D eigenvalue weighted by Crippen LogP contribution is 2.13. The average Bonchev–Trinajstić information content (AvgIpc) is 2.17. The molecule has 2 N–H and O–H groups in total. The SMILES string of the molecule is CC(C)(CO)CNc1ncccn1. The second kappa shape index (κ2) is 4.18. The maximum absolute atomic E-state index is 8.99. The number of aliphatic hydroxyl groups is 1. The second-order valence-corrected chi connectivity index (χ2v) is 3.75. The number of hydrogen-bond donors (Lipinski definition) is 2. The summed E-state index contributed by atoms with van der Waals surface area (Å²) < 4.78 is 0. The van der Waals surface area contributed by atoms with Crippen LogP contribution >= 0.6 is 0 Å². The lowest BCUT2D eigenvalue weighted by Gasteiger charge is -2.21. The molecule has 13 heavy (non-hydrogen) atoms. The number of hydrogen-bond acceptors (Lipinski definition) is 4. The zero-order chi connectivity index (χ0) is 9.73. The zero-order valence-corrected chi connectivity index (χ0v) is 7.99. The Morgan fingerprint density at radius 2 is 2.00 bits per heavy atom. The lowest BCUT2D eigenvalue weighted by Crippen LogP contribution is -2.27. The molecular weight excluding hydrogens is 166 g/mol. The van der Waals surface area contributed by atoms with Gasteiger partial charge >= 0.3 is 0 Å². The lowest BCUT2D eigenvalue weighted by atomic mass is 9.95. The van der Waals surface area contributed by atoms with E-state index >= 15 is 0 Å². The Labute approximate surface area is 78.0 Å². The Bertz CT molecular complexity index is 248. The molecule has 4 nitrogen and oxygen atoms in total. The van der Waals surface area contributed by atoms with Gasteiger partial charge in [-0.05, 0) is 6.07 Å². The average molecular weight is 181 g/mol. The molecule has 0 saturated heterocycles. The van der Waals surface area contributed by atoms with Crippen LogP contribution in [0, 0.1) is 5.41 Å². The molecule has 0 aliphatic carbocycles. The number of rotatable bonds is 4. The first-order valence-electron chi connectivity index (χ1n) is 4.26. The predicted molar refractivity (Wildman–Crippen MR) is 51.4 cm³/mol. The summed E-state index contributed by atoms with van der Waals surface area (Å²) in [6.45, 7) is 4.76. The molecule has 0 saturated carbocycles. The maximum Gasteiger partial charge on any atom is 0.222 e. The Morgan fingerprint density at radius 1 is 1.38 bits per heavy atom. The van der Waals surface area contributed by atoms with Gasteiger partial charge in [-0.25, -0.2) is 9.97 Å². The summed E-state index contributed by atoms with van der Waals surface area (Å²) in [5.41, 5.74) is -0.140. The van der Waals surface area contributed by atoms with Gasteiger partial charge in [0.25, 0.3) is 0 Å². The van der Waals surface area contributed by atoms with E-state index in [1.54, 1.807) is 18.5 Å². The van der Waals surface area contributed by atoms with Crippen molar-refractivity contribution in [3.05, 3.63) is 18.5 Å². The molecule has 0 aromatic carbocycles. The summed E-state index contributed by atoms with van der Waals surface area (Å²) in [7, 11) is 0. The summed E-state index contributed by atoms with van der Waals surface area (Å²) in [6.07, 6.45) is 3.36. The molecule has 4 heteroatoms. The van der Waals surface area contributed by atoms with E-state index in [4.69, 9.17) is 5.11 Å². The fourth-order valence-electron chi connectivity index (χ4n) is 0.765. The molecule has 0 unspecified atom stereocenters. The molecule has 1 heterocycles. The zero-order valence-electron chi connectivity index (χ0n) is 7.99. The van der Waals surface area contributed by atoms with Crippen LogP contribution in [0.2, 0.25) is 0 Å². The predicted octanol–water partition coefficient (Wildman–Crippen LogP) is 0.907. The Balaban J connectivity index is 2.44. The van der Waals surface area contributed by atoms with E-state index < -0.39 is 0 Å². The van der Waals surface area contributed by atoms with E-state index in [0.29, 0.717) is 12.5 Å². The van der Waals surface area contributed by atoms with Gasteiger partial charge in [-0.2, -0.15) is 0 Å². The fourth-order valence-corrected chi connectivity index (χ4v) is 0.765. The van der Waals surface area contributed by atoms with Crippen molar-refractivity contribution in [2.45, 2.75) is 13.8 Å². The minimum atomic E-state index is -0.140. The van der Waals surface area contributed by atoms with Gasteiger partial charge in [-0.3, -0.25) is 0 Å². The van der Waals surface area contributed by atoms with Crippen LogP contribution < -0.4 is 5.32 Å². The molecule has 1 rings (SSSR count). The summed E-state index contributed by atoms with van der Waals surface area (Å²) in [4.78, 5) is 8.02. The smallest absolute Gasteiger partial charge is 0.222 e. The van der Waals surface area contributed by atoms with Gasteiger partial charge in [-0.1, -0.05) is 13.8 Å². The topological polar surface area (TPSA) is 58.0 Å². The summed E-state index contributed by atoms with van der Waals surface area (Å²) in [5.74, 6) is 0.601. The van der Waals surface area contributed by atoms with E-state index in [1.165, 1.54) is 0 Å². The summed E-state index contributed by atoms with van der Waals surface area (Å²) in [5, 5.41) is 12.0. The highest BCUT2D eigenvalue weighted by Gasteiger charge is 2.15. The molecule has 72 valence electrons. The quantitative estimate of drug-likeness (QED) is 0.724. The van der Waals surface area contributed by atoms with Crippen molar-refractivity contribution in [2.24, 2.45) is 5.41 Å². The van der Waals surface area contributed by atoms with Crippen LogP contribution in [-0.4, -0.2) is 28.2 Å². The number of nitrogens with one attached hydrogen (secondary N) is 1. The fraction of sp³-hybridized carbons (Fsp3) is 0.556. The van der Waals surface area contributed by atoms with Gasteiger partial charge in [0.1, 0.15) is 0 Å². The molecular formula is C9H15N3O. The Kier molecular flexibility index (Phi) is 3.19. The molecule has 0 aliphatic heterocycles. The van der Waals surface area contributed by atoms with Crippen LogP contribution in [0.5, 0.6) is 0 Å². The van der Waals surface area contributed by atoms with Crippen LogP contribution in [0.15, 0.2) is 18.5 Å². The summed E-state index contributed by atoms with van der Waals surface area (Å²) in [6, 6.07) is 1.77. The van der Waals surface area contributed by atoms with Gasteiger partial charge in [0, 0.05) is 31.0 Å². The van der Waals surface area contributed by atoms with E-state index in [2.05, 4.69) is 15.3 Å². The number of anilines is 1. The van der Waals surface area contributed by atoms with Crippen molar-refractivity contribution in [1.29, 1.82) is 0 Å². The third-order valence-electron chi connectivity index (χ3n) is 1.72. The number of aromatic nitrogens is 2. The van der Waals surface area contributed by atoms with Gasteiger partial charge in [0.15, 0.2) is 0 Å². The van der Waals surface area contributed by atoms with Crippen molar-refractivity contribution in [3.63, 3.8) is 0 Å². The van der Waals surface area contributed by atoms with E-state index in [1.807, 2.05) is 13.8 Å². The molecule has 1 aromatic rings. The normalized spacial score (nSPS) is 11.3. The lowest BCUT2D eigenvalue weighted by molar-refractivity contribution is 0.170. The van der Waals surface area contributed by atoms with Crippen LogP contribution in [0.3, 0.4) is 0 Å². The Morgan fingerprint density at radius 3 is 2.54 bits per heavy atom. The first-order chi connectivity index (χ1) is 6.14. The van der Waals surface area contributed by atoms with Crippen molar-refractivity contribution >= 4 is 5.95 Å². The molecule has 0 spiro atoms. The maximum atomic E-state index is 8.99. The van der Waals surface area contributed by atoms with E-state index in [9.17, 15) is 0 Å². The first-order valence-corrected chi connectivity index (χ1v) is 4.26. The van der Waals surface area contributed by atoms with Gasteiger partial charge < -0.3 is 10.4 Å². The minimum absolute atomic E-state index is 0.140. The highest BCUT2D eigenvalue weighted by atomic mass is 16.3. The van der Waals surface area contributed by atoms with Gasteiger partial charge in [0.2, 0.25) is 5.95 Å². The van der Waals surface area contributed by atoms with Crippen molar-refractivity contribution in [1.82, 2.24) is 9.97 Å². The molecule has 0 radical (unpaired) electrons. The van der Waals surface area contributed by atoms with Gasteiger partial charge in [0.05, 0.1) is 0 Å². The van der Waals surface area contributed by atoms with Crippen LogP contribution in [-0.2, 0) is 0 Å². The van der Waals surface area contributed by atoms with E-state index in [-0.39, 0.29) is 12.0 Å². The molecule has 0 atom stereocenters. The monoisotopic (exact) mass is 181 g/mol. The molecule has 0 fully saturated rings. The van der Waals surface area contributed by atoms with Crippen LogP contribution in [0.1, 0.15) is 13.8 Å². The first kappa shape index (κ1) is 9.92. The minimum Gasteiger partial charge on any atom is -0.396 e. The molecule has 0 aliphatic rings. The van der Waals surface area contributed by atoms with Crippen molar-refractivity contribution < 1.29 is 5.11 Å². The number of nitrogens with zero attached hydrogens (tertiary/aromatic N) is 2. The highest BCUT2D eigenvalue weighted by molar-refractivity contribution is 5.22. The molecule has 1 aromatic heterocycles. The van der Waals surface area contributed by atoms with Crippen molar-refractivity contribution in [3.8, 4) is 0 Å². The molecule has 0 amide bonds. The third-order valence-corrected chi connectivity index (χ3v) is 1.72. The standard InChI is InChI=1S/C9H15N3O/c1-9(2,7-13)6-12-8-10-4-3-5-11-8/h3-5,13H,6-7H2,1-2H3,(H,10,11,12). The second-order valence-electron chi connectivity index (χ2n) is 3.75. The largest absolute Gasteiger partial charge is 0.396 e. The number of aliphatic hydroxyl groups excluding tert-OH is 1.